The number of rotatable bonds is 0. The molecule has 0 fully saturated rings. The third kappa shape index (κ3) is 1.03. The van der Waals surface area contributed by atoms with Gasteiger partial charge in [0.15, 0.2) is 0 Å². The van der Waals surface area contributed by atoms with Crippen molar-refractivity contribution in [3.05, 3.63) is 23.8 Å². The number of hydrogen-bond donors (Lipinski definition) is 2. The van der Waals surface area contributed by atoms with Crippen LogP contribution in [-0.4, -0.2) is 10.9 Å². The van der Waals surface area contributed by atoms with E-state index in [1.54, 1.807) is 6.07 Å². The van der Waals surface area contributed by atoms with Gasteiger partial charge in [0.1, 0.15) is 17.3 Å². The van der Waals surface area contributed by atoms with E-state index in [-0.39, 0.29) is 5.75 Å². The summed E-state index contributed by atoms with van der Waals surface area (Å²) in [5.41, 5.74) is 7.27. The molecule has 0 radical (unpaired) electrons. The van der Waals surface area contributed by atoms with Crippen LogP contribution in [0.15, 0.2) is 23.2 Å². The molecule has 12 heavy (non-hydrogen) atoms. The molecule has 0 bridgehead atoms. The molecule has 0 spiro atoms. The van der Waals surface area contributed by atoms with Gasteiger partial charge in [0.2, 0.25) is 0 Å². The molecule has 1 aliphatic heterocycles. The summed E-state index contributed by atoms with van der Waals surface area (Å²) in [6.07, 6.45) is 1.66. The van der Waals surface area contributed by atoms with Gasteiger partial charge in [-0.15, -0.1) is 0 Å². The van der Waals surface area contributed by atoms with Crippen LogP contribution in [0, 0.1) is 0 Å². The Balaban J connectivity index is 2.59. The summed E-state index contributed by atoms with van der Waals surface area (Å²) < 4.78 is 0. The van der Waals surface area contributed by atoms with Crippen LogP contribution in [0.2, 0.25) is 0 Å². The van der Waals surface area contributed by atoms with Crippen LogP contribution in [0.3, 0.4) is 0 Å². The van der Waals surface area contributed by atoms with Crippen LogP contribution < -0.4 is 5.73 Å². The van der Waals surface area contributed by atoms with E-state index in [1.807, 2.05) is 12.1 Å². The molecule has 0 amide bonds. The lowest BCUT2D eigenvalue weighted by Gasteiger charge is -2.12. The van der Waals surface area contributed by atoms with E-state index < -0.39 is 0 Å². The maximum Gasteiger partial charge on any atom is 0.141 e. The van der Waals surface area contributed by atoms with E-state index in [0.29, 0.717) is 11.5 Å². The van der Waals surface area contributed by atoms with E-state index in [2.05, 4.69) is 4.99 Å². The molecular formula is C9H10N2O. The fraction of sp³-hybridized carbons (Fsp3) is 0.222. The summed E-state index contributed by atoms with van der Waals surface area (Å²) in [5.74, 6) is 0.819. The second-order valence-electron chi connectivity index (χ2n) is 2.89. The molecule has 3 nitrogen and oxygen atoms in total. The Labute approximate surface area is 70.5 Å². The molecule has 0 unspecified atom stereocenters. The highest BCUT2D eigenvalue weighted by Gasteiger charge is 2.12. The lowest BCUT2D eigenvalue weighted by Crippen LogP contribution is -2.15. The Kier molecular flexibility index (Phi) is 1.50. The molecule has 2 rings (SSSR count). The number of nitrogens with zero attached hydrogens (tertiary/aromatic N) is 1. The Bertz CT molecular complexity index is 344. The molecule has 0 aliphatic carbocycles. The number of fused-ring (bicyclic) bond motifs is 1. The predicted molar refractivity (Wildman–Crippen MR) is 47.7 cm³/mol. The molecule has 0 aromatic heterocycles. The maximum absolute atomic E-state index is 9.41. The topological polar surface area (TPSA) is 58.6 Å². The predicted octanol–water partition coefficient (Wildman–Crippen LogP) is 1.33. The molecule has 1 aromatic rings. The number of phenols is 1. The zero-order valence-electron chi connectivity index (χ0n) is 6.62. The Morgan fingerprint density at radius 2 is 2.17 bits per heavy atom. The molecule has 62 valence electrons. The van der Waals surface area contributed by atoms with Crippen LogP contribution in [0.1, 0.15) is 12.0 Å². The minimum atomic E-state index is 0.218. The average molecular weight is 162 g/mol. The monoisotopic (exact) mass is 162 g/mol. The smallest absolute Gasteiger partial charge is 0.141 e. The number of nitrogens with two attached hydrogens (primary N) is 1. The van der Waals surface area contributed by atoms with Crippen molar-refractivity contribution in [3.63, 3.8) is 0 Å². The second-order valence-corrected chi connectivity index (χ2v) is 2.89. The van der Waals surface area contributed by atoms with Crippen molar-refractivity contribution in [1.82, 2.24) is 0 Å². The number of phenolic OH excluding ortho intramolecular Hbond substituents is 1. The van der Waals surface area contributed by atoms with Gasteiger partial charge in [0.05, 0.1) is 0 Å². The van der Waals surface area contributed by atoms with Gasteiger partial charge < -0.3 is 10.8 Å². The van der Waals surface area contributed by atoms with E-state index in [0.717, 1.165) is 18.4 Å². The van der Waals surface area contributed by atoms with Gasteiger partial charge in [0, 0.05) is 6.42 Å². The number of benzene rings is 1. The molecule has 3 N–H and O–H groups in total. The highest BCUT2D eigenvalue weighted by Crippen LogP contribution is 2.33. The van der Waals surface area contributed by atoms with Crippen LogP contribution in [0.4, 0.5) is 5.69 Å². The molecule has 0 atom stereocenters. The number of para-hydroxylation sites is 1. The van der Waals surface area contributed by atoms with Gasteiger partial charge in [-0.1, -0.05) is 12.1 Å². The number of aromatic hydroxyl groups is 1. The first-order valence-corrected chi connectivity index (χ1v) is 3.91. The number of aliphatic imine (C=N–C) groups is 1. The number of amidine groups is 1. The van der Waals surface area contributed by atoms with Crippen LogP contribution >= 0.6 is 0 Å². The lowest BCUT2D eigenvalue weighted by molar-refractivity contribution is 0.476. The minimum Gasteiger partial charge on any atom is -0.506 e. The molecule has 1 aliphatic rings. The van der Waals surface area contributed by atoms with Gasteiger partial charge in [-0.05, 0) is 18.1 Å². The van der Waals surface area contributed by atoms with Crippen molar-refractivity contribution in [2.24, 2.45) is 10.7 Å². The highest BCUT2D eigenvalue weighted by atomic mass is 16.3. The van der Waals surface area contributed by atoms with Crippen molar-refractivity contribution in [2.75, 3.05) is 0 Å². The Morgan fingerprint density at radius 1 is 1.33 bits per heavy atom. The third-order valence-electron chi connectivity index (χ3n) is 2.00. The summed E-state index contributed by atoms with van der Waals surface area (Å²) >= 11 is 0. The SMILES string of the molecule is NC1=Nc2c(O)cccc2CC1. The summed E-state index contributed by atoms with van der Waals surface area (Å²) in [6.45, 7) is 0. The molecule has 1 heterocycles. The van der Waals surface area contributed by atoms with E-state index in [9.17, 15) is 5.11 Å². The van der Waals surface area contributed by atoms with Gasteiger partial charge in [-0.2, -0.15) is 0 Å². The quantitative estimate of drug-likeness (QED) is 0.604. The van der Waals surface area contributed by atoms with E-state index >= 15 is 0 Å². The fourth-order valence-electron chi connectivity index (χ4n) is 1.37. The Morgan fingerprint density at radius 3 is 3.00 bits per heavy atom. The highest BCUT2D eigenvalue weighted by molar-refractivity contribution is 5.86. The molecule has 0 saturated carbocycles. The summed E-state index contributed by atoms with van der Waals surface area (Å²) in [6, 6.07) is 5.41. The largest absolute Gasteiger partial charge is 0.506 e. The first kappa shape index (κ1) is 7.16. The maximum atomic E-state index is 9.41. The van der Waals surface area contributed by atoms with Crippen molar-refractivity contribution in [3.8, 4) is 5.75 Å². The lowest BCUT2D eigenvalue weighted by atomic mass is 10.0. The zero-order chi connectivity index (χ0) is 8.55. The van der Waals surface area contributed by atoms with Gasteiger partial charge in [-0.25, -0.2) is 4.99 Å². The minimum absolute atomic E-state index is 0.218. The Hall–Kier alpha value is -1.51. The van der Waals surface area contributed by atoms with Gasteiger partial charge in [0.25, 0.3) is 0 Å². The van der Waals surface area contributed by atoms with Crippen LogP contribution in [0.25, 0.3) is 0 Å². The molecular weight excluding hydrogens is 152 g/mol. The fourth-order valence-corrected chi connectivity index (χ4v) is 1.37. The average Bonchev–Trinajstić information content (AvgIpc) is 2.07. The number of aryl methyl sites for hydroxylation is 1. The van der Waals surface area contributed by atoms with Crippen molar-refractivity contribution < 1.29 is 5.11 Å². The van der Waals surface area contributed by atoms with Crippen molar-refractivity contribution in [1.29, 1.82) is 0 Å². The second kappa shape index (κ2) is 2.52. The molecule has 1 aromatic carbocycles. The van der Waals surface area contributed by atoms with E-state index in [1.165, 1.54) is 0 Å². The standard InChI is InChI=1S/C9H10N2O/c10-8-5-4-6-2-1-3-7(12)9(6)11-8/h1-3,12H,4-5H2,(H2,10,11). The van der Waals surface area contributed by atoms with Gasteiger partial charge >= 0.3 is 0 Å². The summed E-state index contributed by atoms with van der Waals surface area (Å²) in [7, 11) is 0. The first-order chi connectivity index (χ1) is 5.77. The summed E-state index contributed by atoms with van der Waals surface area (Å²) in [4.78, 5) is 4.09. The van der Waals surface area contributed by atoms with Crippen LogP contribution in [0.5, 0.6) is 5.75 Å². The first-order valence-electron chi connectivity index (χ1n) is 3.91. The zero-order valence-corrected chi connectivity index (χ0v) is 6.62. The number of hydrogen-bond acceptors (Lipinski definition) is 3. The molecule has 3 heteroatoms. The van der Waals surface area contributed by atoms with Crippen LogP contribution in [-0.2, 0) is 6.42 Å². The van der Waals surface area contributed by atoms with Crippen molar-refractivity contribution >= 4 is 11.5 Å². The normalized spacial score (nSPS) is 15.2. The molecule has 0 saturated heterocycles. The van der Waals surface area contributed by atoms with Gasteiger partial charge in [-0.3, -0.25) is 0 Å². The third-order valence-corrected chi connectivity index (χ3v) is 2.00. The van der Waals surface area contributed by atoms with Crippen molar-refractivity contribution in [2.45, 2.75) is 12.8 Å². The van der Waals surface area contributed by atoms with E-state index in [4.69, 9.17) is 5.73 Å². The summed E-state index contributed by atoms with van der Waals surface area (Å²) in [5, 5.41) is 9.41.